The minimum atomic E-state index is -0.159. The summed E-state index contributed by atoms with van der Waals surface area (Å²) in [4.78, 5) is 2.39. The van der Waals surface area contributed by atoms with Crippen molar-refractivity contribution in [3.63, 3.8) is 0 Å². The van der Waals surface area contributed by atoms with Gasteiger partial charge in [-0.05, 0) is 38.4 Å². The summed E-state index contributed by atoms with van der Waals surface area (Å²) < 4.78 is 19.3. The molecule has 1 heterocycles. The molecule has 1 fully saturated rings. The van der Waals surface area contributed by atoms with Crippen LogP contribution in [0.4, 0.5) is 4.39 Å². The quantitative estimate of drug-likeness (QED) is 0.819. The predicted molar refractivity (Wildman–Crippen MR) is 75.9 cm³/mol. The maximum Gasteiger partial charge on any atom is 0.131 e. The summed E-state index contributed by atoms with van der Waals surface area (Å²) in [5.74, 6) is 0.503. The molecule has 1 saturated heterocycles. The van der Waals surface area contributed by atoms with Crippen LogP contribution >= 0.6 is 0 Å². The Hall–Kier alpha value is -1.09. The van der Waals surface area contributed by atoms with Gasteiger partial charge in [-0.25, -0.2) is 4.39 Å². The summed E-state index contributed by atoms with van der Waals surface area (Å²) in [5.41, 5.74) is 0.692. The van der Waals surface area contributed by atoms with Crippen LogP contribution in [-0.4, -0.2) is 24.6 Å². The van der Waals surface area contributed by atoms with Gasteiger partial charge in [-0.15, -0.1) is 0 Å². The SMILES string of the molecule is COc1cccc(F)c1CN1CCCCCCC1C. The second-order valence-corrected chi connectivity index (χ2v) is 5.44. The molecule has 1 unspecified atom stereocenters. The van der Waals surface area contributed by atoms with Gasteiger partial charge < -0.3 is 4.74 Å². The van der Waals surface area contributed by atoms with Gasteiger partial charge in [0.15, 0.2) is 0 Å². The molecule has 0 bridgehead atoms. The summed E-state index contributed by atoms with van der Waals surface area (Å²) in [6.07, 6.45) is 6.32. The Bertz CT molecular complexity index is 408. The summed E-state index contributed by atoms with van der Waals surface area (Å²) in [6.45, 7) is 3.95. The van der Waals surface area contributed by atoms with Crippen LogP contribution in [0.15, 0.2) is 18.2 Å². The van der Waals surface area contributed by atoms with E-state index >= 15 is 0 Å². The van der Waals surface area contributed by atoms with Gasteiger partial charge in [0.25, 0.3) is 0 Å². The molecule has 0 saturated carbocycles. The first kappa shape index (κ1) is 14.3. The molecule has 1 aliphatic heterocycles. The van der Waals surface area contributed by atoms with Gasteiger partial charge in [0.05, 0.1) is 7.11 Å². The first-order chi connectivity index (χ1) is 9.22. The Morgan fingerprint density at radius 2 is 2.05 bits per heavy atom. The Kier molecular flexibility index (Phi) is 5.20. The Morgan fingerprint density at radius 1 is 1.26 bits per heavy atom. The summed E-state index contributed by atoms with van der Waals surface area (Å²) in [5, 5.41) is 0. The van der Waals surface area contributed by atoms with Crippen molar-refractivity contribution in [2.75, 3.05) is 13.7 Å². The zero-order valence-electron chi connectivity index (χ0n) is 12.0. The van der Waals surface area contributed by atoms with Crippen molar-refractivity contribution in [2.24, 2.45) is 0 Å². The van der Waals surface area contributed by atoms with Crippen molar-refractivity contribution in [1.82, 2.24) is 4.90 Å². The number of halogens is 1. The van der Waals surface area contributed by atoms with Crippen molar-refractivity contribution in [1.29, 1.82) is 0 Å². The topological polar surface area (TPSA) is 12.5 Å². The van der Waals surface area contributed by atoms with Crippen LogP contribution in [-0.2, 0) is 6.54 Å². The highest BCUT2D eigenvalue weighted by atomic mass is 19.1. The fourth-order valence-corrected chi connectivity index (χ4v) is 2.83. The molecule has 1 aromatic carbocycles. The van der Waals surface area contributed by atoms with Crippen molar-refractivity contribution in [3.05, 3.63) is 29.6 Å². The number of hydrogen-bond acceptors (Lipinski definition) is 2. The van der Waals surface area contributed by atoms with E-state index in [1.165, 1.54) is 38.2 Å². The molecule has 106 valence electrons. The van der Waals surface area contributed by atoms with Crippen molar-refractivity contribution in [3.8, 4) is 5.75 Å². The Labute approximate surface area is 115 Å². The summed E-state index contributed by atoms with van der Waals surface area (Å²) in [7, 11) is 1.61. The lowest BCUT2D eigenvalue weighted by atomic mass is 10.0. The van der Waals surface area contributed by atoms with E-state index in [4.69, 9.17) is 4.74 Å². The highest BCUT2D eigenvalue weighted by Crippen LogP contribution is 2.25. The minimum Gasteiger partial charge on any atom is -0.496 e. The van der Waals surface area contributed by atoms with Crippen LogP contribution in [0, 0.1) is 5.82 Å². The Balaban J connectivity index is 2.14. The summed E-state index contributed by atoms with van der Waals surface area (Å²) in [6, 6.07) is 5.58. The molecule has 0 aromatic heterocycles. The monoisotopic (exact) mass is 265 g/mol. The van der Waals surface area contributed by atoms with Crippen LogP contribution in [0.3, 0.4) is 0 Å². The van der Waals surface area contributed by atoms with Crippen LogP contribution in [0.2, 0.25) is 0 Å². The van der Waals surface area contributed by atoms with E-state index in [0.29, 0.717) is 23.9 Å². The fourth-order valence-electron chi connectivity index (χ4n) is 2.83. The molecule has 1 aliphatic rings. The normalized spacial score (nSPS) is 21.7. The first-order valence-corrected chi connectivity index (χ1v) is 7.28. The van der Waals surface area contributed by atoms with Crippen molar-refractivity contribution < 1.29 is 9.13 Å². The maximum atomic E-state index is 14.0. The average Bonchev–Trinajstić information content (AvgIpc) is 2.40. The molecule has 2 nitrogen and oxygen atoms in total. The number of likely N-dealkylation sites (tertiary alicyclic amines) is 1. The zero-order chi connectivity index (χ0) is 13.7. The largest absolute Gasteiger partial charge is 0.496 e. The maximum absolute atomic E-state index is 14.0. The number of benzene rings is 1. The highest BCUT2D eigenvalue weighted by Gasteiger charge is 2.19. The Morgan fingerprint density at radius 3 is 2.84 bits per heavy atom. The summed E-state index contributed by atoms with van der Waals surface area (Å²) >= 11 is 0. The van der Waals surface area contributed by atoms with E-state index in [2.05, 4.69) is 11.8 Å². The molecule has 0 aliphatic carbocycles. The second-order valence-electron chi connectivity index (χ2n) is 5.44. The molecule has 2 rings (SSSR count). The van der Waals surface area contributed by atoms with Crippen molar-refractivity contribution >= 4 is 0 Å². The van der Waals surface area contributed by atoms with Gasteiger partial charge in [-0.1, -0.05) is 25.3 Å². The van der Waals surface area contributed by atoms with E-state index in [1.54, 1.807) is 13.2 Å². The first-order valence-electron chi connectivity index (χ1n) is 7.28. The predicted octanol–water partition coefficient (Wildman–Crippen LogP) is 3.99. The van der Waals surface area contributed by atoms with Gasteiger partial charge in [-0.3, -0.25) is 4.90 Å². The molecule has 19 heavy (non-hydrogen) atoms. The molecule has 1 atom stereocenters. The van der Waals surface area contributed by atoms with E-state index in [-0.39, 0.29) is 5.82 Å². The molecular weight excluding hydrogens is 241 g/mol. The van der Waals surface area contributed by atoms with E-state index < -0.39 is 0 Å². The lowest BCUT2D eigenvalue weighted by Crippen LogP contribution is -2.34. The van der Waals surface area contributed by atoms with Crippen LogP contribution in [0.25, 0.3) is 0 Å². The van der Waals surface area contributed by atoms with E-state index in [0.717, 1.165) is 6.54 Å². The molecule has 1 aromatic rings. The highest BCUT2D eigenvalue weighted by molar-refractivity contribution is 5.34. The molecule has 0 radical (unpaired) electrons. The van der Waals surface area contributed by atoms with Crippen LogP contribution in [0.5, 0.6) is 5.75 Å². The molecule has 0 spiro atoms. The van der Waals surface area contributed by atoms with Gasteiger partial charge in [-0.2, -0.15) is 0 Å². The third-order valence-corrected chi connectivity index (χ3v) is 4.10. The molecule has 3 heteroatoms. The van der Waals surface area contributed by atoms with Crippen molar-refractivity contribution in [2.45, 2.75) is 51.6 Å². The van der Waals surface area contributed by atoms with Gasteiger partial charge in [0.1, 0.15) is 11.6 Å². The molecule has 0 N–H and O–H groups in total. The standard InChI is InChI=1S/C16H24FNO/c1-13-8-5-3-4-6-11-18(13)12-14-15(17)9-7-10-16(14)19-2/h7,9-10,13H,3-6,8,11-12H2,1-2H3. The zero-order valence-corrected chi connectivity index (χ0v) is 12.0. The third kappa shape index (κ3) is 3.69. The smallest absolute Gasteiger partial charge is 0.131 e. The molecular formula is C16H24FNO. The number of rotatable bonds is 3. The van der Waals surface area contributed by atoms with Gasteiger partial charge in [0, 0.05) is 18.2 Å². The second kappa shape index (κ2) is 6.90. The number of ether oxygens (including phenoxy) is 1. The number of methoxy groups -OCH3 is 1. The minimum absolute atomic E-state index is 0.159. The van der Waals surface area contributed by atoms with Crippen LogP contribution in [0.1, 0.15) is 44.6 Å². The third-order valence-electron chi connectivity index (χ3n) is 4.10. The van der Waals surface area contributed by atoms with Gasteiger partial charge in [0.2, 0.25) is 0 Å². The lowest BCUT2D eigenvalue weighted by Gasteiger charge is -2.31. The fraction of sp³-hybridized carbons (Fsp3) is 0.625. The number of nitrogens with zero attached hydrogens (tertiary/aromatic N) is 1. The van der Waals surface area contributed by atoms with E-state index in [9.17, 15) is 4.39 Å². The average molecular weight is 265 g/mol. The van der Waals surface area contributed by atoms with Gasteiger partial charge >= 0.3 is 0 Å². The van der Waals surface area contributed by atoms with Crippen LogP contribution < -0.4 is 4.74 Å². The number of hydrogen-bond donors (Lipinski definition) is 0. The lowest BCUT2D eigenvalue weighted by molar-refractivity contribution is 0.168. The van der Waals surface area contributed by atoms with E-state index in [1.807, 2.05) is 6.07 Å². The molecule has 0 amide bonds.